The van der Waals surface area contributed by atoms with E-state index in [-0.39, 0.29) is 30.4 Å². The molecule has 3 spiro atoms. The number of carbonyl (C=O) groups excluding carboxylic acids is 2. The first-order valence-corrected chi connectivity index (χ1v) is 9.72. The van der Waals surface area contributed by atoms with Crippen LogP contribution in [0.5, 0.6) is 0 Å². The van der Waals surface area contributed by atoms with Crippen LogP contribution in [-0.4, -0.2) is 41.8 Å². The summed E-state index contributed by atoms with van der Waals surface area (Å²) in [6, 6.07) is 7.72. The number of fused-ring (bicyclic) bond motifs is 3. The van der Waals surface area contributed by atoms with Gasteiger partial charge in [-0.2, -0.15) is 0 Å². The molecule has 3 heterocycles. The first kappa shape index (κ1) is 15.8. The van der Waals surface area contributed by atoms with Crippen LogP contribution in [-0.2, 0) is 19.7 Å². The zero-order chi connectivity index (χ0) is 18.7. The summed E-state index contributed by atoms with van der Waals surface area (Å²) in [6.07, 6.45) is 6.26. The molecular weight excluding hydrogens is 344 g/mol. The molecule has 1 saturated heterocycles. The molecule has 6 aliphatic rings. The number of ether oxygens (including phenoxy) is 1. The maximum absolute atomic E-state index is 13.9. The minimum atomic E-state index is -0.776. The second-order valence-corrected chi connectivity index (χ2v) is 8.97. The highest BCUT2D eigenvalue weighted by Gasteiger charge is 2.83. The molecule has 27 heavy (non-hydrogen) atoms. The summed E-state index contributed by atoms with van der Waals surface area (Å²) in [4.78, 5) is 25.6. The number of hydrogen-bond acceptors (Lipinski definition) is 5. The number of nitrogens with zero attached hydrogens (tertiary/aromatic N) is 1. The van der Waals surface area contributed by atoms with Gasteiger partial charge >= 0.3 is 11.9 Å². The van der Waals surface area contributed by atoms with Crippen LogP contribution < -0.4 is 5.32 Å². The molecule has 6 atom stereocenters. The Morgan fingerprint density at radius 3 is 2.93 bits per heavy atom. The normalized spacial score (nSPS) is 47.9. The molecule has 4 unspecified atom stereocenters. The number of carbonyl (C=O) groups is 2. The predicted molar refractivity (Wildman–Crippen MR) is 97.3 cm³/mol. The van der Waals surface area contributed by atoms with Crippen LogP contribution in [0.2, 0.25) is 0 Å². The van der Waals surface area contributed by atoms with Crippen LogP contribution >= 0.6 is 0 Å². The lowest BCUT2D eigenvalue weighted by atomic mass is 9.39. The van der Waals surface area contributed by atoms with E-state index >= 15 is 0 Å². The standard InChI is InChI=1S/C21H22N2O4/c1-27-17(25)14-12-19-7-6-16(24)23(26)11-10-20(18(19)23)13-4-2-3-5-15(13)22-21(14,20)9-8-19/h2-7,14,18,22H,8-12H2,1H3/t14?,18-,19?,20+,21?,23?/m0/s1. The minimum Gasteiger partial charge on any atom is -0.625 e. The van der Waals surface area contributed by atoms with Gasteiger partial charge in [0.15, 0.2) is 0 Å². The van der Waals surface area contributed by atoms with Gasteiger partial charge in [-0.3, -0.25) is 9.44 Å². The van der Waals surface area contributed by atoms with E-state index in [2.05, 4.69) is 11.4 Å². The summed E-state index contributed by atoms with van der Waals surface area (Å²) in [5, 5.41) is 17.6. The van der Waals surface area contributed by atoms with Crippen molar-refractivity contribution in [2.24, 2.45) is 11.3 Å². The van der Waals surface area contributed by atoms with Crippen LogP contribution in [0.1, 0.15) is 31.2 Å². The van der Waals surface area contributed by atoms with Gasteiger partial charge < -0.3 is 15.3 Å². The highest BCUT2D eigenvalue weighted by atomic mass is 16.6. The molecule has 3 saturated carbocycles. The second-order valence-electron chi connectivity index (χ2n) is 8.97. The van der Waals surface area contributed by atoms with E-state index in [0.717, 1.165) is 24.1 Å². The van der Waals surface area contributed by atoms with E-state index in [0.29, 0.717) is 12.8 Å². The molecule has 6 nitrogen and oxygen atoms in total. The van der Waals surface area contributed by atoms with E-state index in [1.54, 1.807) is 0 Å². The number of para-hydroxylation sites is 1. The van der Waals surface area contributed by atoms with Crippen molar-refractivity contribution in [1.29, 1.82) is 0 Å². The number of rotatable bonds is 1. The number of quaternary nitrogens is 1. The van der Waals surface area contributed by atoms with Gasteiger partial charge in [-0.1, -0.05) is 24.3 Å². The van der Waals surface area contributed by atoms with Crippen molar-refractivity contribution >= 4 is 17.6 Å². The third-order valence-electron chi connectivity index (χ3n) is 8.41. The number of hydrogen-bond donors (Lipinski definition) is 1. The van der Waals surface area contributed by atoms with Crippen LogP contribution in [0.15, 0.2) is 36.4 Å². The summed E-state index contributed by atoms with van der Waals surface area (Å²) in [7, 11) is 1.44. The first-order chi connectivity index (χ1) is 12.9. The lowest BCUT2D eigenvalue weighted by molar-refractivity contribution is -0.830. The van der Waals surface area contributed by atoms with E-state index < -0.39 is 21.0 Å². The van der Waals surface area contributed by atoms with Crippen LogP contribution in [0.25, 0.3) is 0 Å². The van der Waals surface area contributed by atoms with Gasteiger partial charge in [0.1, 0.15) is 6.04 Å². The number of anilines is 1. The number of benzene rings is 1. The van der Waals surface area contributed by atoms with Gasteiger partial charge in [0.05, 0.1) is 30.5 Å². The number of hydroxylamine groups is 3. The molecule has 1 amide bonds. The van der Waals surface area contributed by atoms with E-state index in [1.165, 1.54) is 13.2 Å². The Kier molecular flexibility index (Phi) is 2.61. The molecule has 4 fully saturated rings. The Hall–Kier alpha value is -2.18. The Bertz CT molecular complexity index is 944. The number of methoxy groups -OCH3 is 1. The summed E-state index contributed by atoms with van der Waals surface area (Å²) in [6.45, 7) is 0.279. The molecule has 140 valence electrons. The highest BCUT2D eigenvalue weighted by molar-refractivity contribution is 5.86. The molecule has 2 bridgehead atoms. The summed E-state index contributed by atoms with van der Waals surface area (Å²) < 4.78 is 4.44. The van der Waals surface area contributed by atoms with Crippen molar-refractivity contribution in [1.82, 2.24) is 0 Å². The van der Waals surface area contributed by atoms with Crippen LogP contribution in [0, 0.1) is 16.5 Å². The fourth-order valence-electron chi connectivity index (χ4n) is 7.66. The lowest BCUT2D eigenvalue weighted by Crippen LogP contribution is -2.79. The third kappa shape index (κ3) is 1.41. The zero-order valence-corrected chi connectivity index (χ0v) is 15.2. The van der Waals surface area contributed by atoms with Gasteiger partial charge in [-0.25, -0.2) is 4.79 Å². The highest BCUT2D eigenvalue weighted by Crippen LogP contribution is 2.74. The van der Waals surface area contributed by atoms with Gasteiger partial charge in [-0.05, 0) is 30.9 Å². The van der Waals surface area contributed by atoms with Gasteiger partial charge in [-0.15, -0.1) is 0 Å². The predicted octanol–water partition coefficient (Wildman–Crippen LogP) is 2.25. The smallest absolute Gasteiger partial charge is 0.338 e. The molecule has 3 aliphatic heterocycles. The molecule has 0 radical (unpaired) electrons. The molecule has 7 rings (SSSR count). The van der Waals surface area contributed by atoms with Crippen molar-refractivity contribution in [3.05, 3.63) is 47.2 Å². The lowest BCUT2D eigenvalue weighted by Gasteiger charge is -2.68. The summed E-state index contributed by atoms with van der Waals surface area (Å²) in [5.41, 5.74) is 0.616. The first-order valence-electron chi connectivity index (χ1n) is 9.72. The molecule has 1 aromatic carbocycles. The molecule has 1 N–H and O–H groups in total. The Morgan fingerprint density at radius 2 is 2.11 bits per heavy atom. The van der Waals surface area contributed by atoms with E-state index in [1.807, 2.05) is 24.3 Å². The number of nitrogens with one attached hydrogen (secondary N) is 1. The van der Waals surface area contributed by atoms with Crippen molar-refractivity contribution in [3.8, 4) is 0 Å². The monoisotopic (exact) mass is 366 g/mol. The maximum Gasteiger partial charge on any atom is 0.338 e. The van der Waals surface area contributed by atoms with Crippen molar-refractivity contribution in [3.63, 3.8) is 0 Å². The van der Waals surface area contributed by atoms with E-state index in [9.17, 15) is 14.8 Å². The number of amides is 1. The number of esters is 1. The van der Waals surface area contributed by atoms with E-state index in [4.69, 9.17) is 4.74 Å². The average molecular weight is 366 g/mol. The molecule has 3 aliphatic carbocycles. The summed E-state index contributed by atoms with van der Waals surface area (Å²) >= 11 is 0. The average Bonchev–Trinajstić information content (AvgIpc) is 3.19. The third-order valence-corrected chi connectivity index (χ3v) is 8.41. The molecule has 1 aromatic rings. The summed E-state index contributed by atoms with van der Waals surface area (Å²) in [5.74, 6) is -0.887. The molecule has 0 aromatic heterocycles. The second kappa shape index (κ2) is 4.45. The van der Waals surface area contributed by atoms with Gasteiger partial charge in [0.25, 0.3) is 0 Å². The van der Waals surface area contributed by atoms with Gasteiger partial charge in [0.2, 0.25) is 0 Å². The maximum atomic E-state index is 13.9. The Balaban J connectivity index is 1.70. The van der Waals surface area contributed by atoms with Crippen molar-refractivity contribution < 1.29 is 19.0 Å². The SMILES string of the molecule is COC(=O)C1CC23C=CC(=O)[N+]4([O-])CC[C@@]5(c6ccccc6NC15CC2)[C@H]34. The fourth-order valence-corrected chi connectivity index (χ4v) is 7.66. The van der Waals surface area contributed by atoms with Crippen molar-refractivity contribution in [2.75, 3.05) is 19.0 Å². The van der Waals surface area contributed by atoms with Gasteiger partial charge in [0, 0.05) is 23.6 Å². The molecular formula is C21H22N2O4. The molecule has 6 heteroatoms. The zero-order valence-electron chi connectivity index (χ0n) is 15.2. The topological polar surface area (TPSA) is 78.5 Å². The van der Waals surface area contributed by atoms with Crippen molar-refractivity contribution in [2.45, 2.75) is 42.7 Å². The fraction of sp³-hybridized carbons (Fsp3) is 0.524. The quantitative estimate of drug-likeness (QED) is 0.469. The minimum absolute atomic E-state index is 0.214. The van der Waals surface area contributed by atoms with Crippen LogP contribution in [0.4, 0.5) is 5.69 Å². The Labute approximate surface area is 157 Å². The van der Waals surface area contributed by atoms with Crippen LogP contribution in [0.3, 0.4) is 0 Å². The Morgan fingerprint density at radius 1 is 1.30 bits per heavy atom. The largest absolute Gasteiger partial charge is 0.625 e.